The zero-order valence-electron chi connectivity index (χ0n) is 21.7. The standard InChI is InChI=1S/C31H22F4N4O3/c32-21-9-1-17(2-10-21)27-25-28(18-3-11-22(33)12-4-18)39(37-42)30(20-7-15-24(35)16-8-20)26(31(25)40)29(38(27)36-41)19-5-13-23(34)14-6-19/h1-16,25-30H. The molecular weight excluding hydrogens is 552 g/mol. The van der Waals surface area contributed by atoms with E-state index in [1.807, 2.05) is 0 Å². The topological polar surface area (TPSA) is 82.4 Å². The number of nitrogens with zero attached hydrogens (tertiary/aromatic N) is 4. The molecular formula is C31H22F4N4O3. The van der Waals surface area contributed by atoms with Crippen LogP contribution in [-0.4, -0.2) is 15.8 Å². The molecule has 2 heterocycles. The minimum Gasteiger partial charge on any atom is -0.299 e. The van der Waals surface area contributed by atoms with Crippen molar-refractivity contribution in [3.8, 4) is 0 Å². The molecule has 0 saturated carbocycles. The number of Topliss-reactive ketones (excluding diaryl/α,β-unsaturated/α-hetero) is 1. The molecule has 0 radical (unpaired) electrons. The highest BCUT2D eigenvalue weighted by Gasteiger charge is 2.62. The molecule has 7 nitrogen and oxygen atoms in total. The third-order valence-corrected chi connectivity index (χ3v) is 8.19. The maximum atomic E-state index is 14.7. The van der Waals surface area contributed by atoms with Gasteiger partial charge in [-0.1, -0.05) is 48.5 Å². The Morgan fingerprint density at radius 3 is 0.833 bits per heavy atom. The molecule has 0 aromatic heterocycles. The van der Waals surface area contributed by atoms with Crippen molar-refractivity contribution in [3.63, 3.8) is 0 Å². The molecule has 4 atom stereocenters. The highest BCUT2D eigenvalue weighted by atomic mass is 19.1. The van der Waals surface area contributed by atoms with Gasteiger partial charge in [-0.3, -0.25) is 4.79 Å². The van der Waals surface area contributed by atoms with Crippen molar-refractivity contribution >= 4 is 5.78 Å². The second-order valence-electron chi connectivity index (χ2n) is 10.4. The van der Waals surface area contributed by atoms with Gasteiger partial charge >= 0.3 is 0 Å². The molecule has 4 unspecified atom stereocenters. The zero-order valence-corrected chi connectivity index (χ0v) is 21.7. The van der Waals surface area contributed by atoms with Crippen LogP contribution in [0, 0.1) is 44.9 Å². The van der Waals surface area contributed by atoms with Gasteiger partial charge < -0.3 is 0 Å². The molecule has 11 heteroatoms. The zero-order chi connectivity index (χ0) is 29.5. The van der Waals surface area contributed by atoms with Crippen molar-refractivity contribution in [1.29, 1.82) is 0 Å². The summed E-state index contributed by atoms with van der Waals surface area (Å²) in [6.45, 7) is 0. The van der Waals surface area contributed by atoms with E-state index < -0.39 is 59.3 Å². The first kappa shape index (κ1) is 27.3. The van der Waals surface area contributed by atoms with Crippen LogP contribution in [-0.2, 0) is 4.79 Å². The van der Waals surface area contributed by atoms with E-state index in [4.69, 9.17) is 0 Å². The molecule has 2 saturated heterocycles. The second kappa shape index (κ2) is 10.8. The number of carbonyl (C=O) groups is 1. The van der Waals surface area contributed by atoms with Gasteiger partial charge in [0.05, 0.1) is 46.6 Å². The van der Waals surface area contributed by atoms with Crippen LogP contribution in [0.25, 0.3) is 0 Å². The number of hydrogen-bond donors (Lipinski definition) is 0. The fourth-order valence-corrected chi connectivity index (χ4v) is 6.48. The van der Waals surface area contributed by atoms with E-state index in [-0.39, 0.29) is 5.78 Å². The first-order valence-electron chi connectivity index (χ1n) is 13.1. The summed E-state index contributed by atoms with van der Waals surface area (Å²) < 4.78 is 55.9. The third kappa shape index (κ3) is 4.50. The summed E-state index contributed by atoms with van der Waals surface area (Å²) in [7, 11) is 0. The number of piperidine rings is 2. The summed E-state index contributed by atoms with van der Waals surface area (Å²) in [5.74, 6) is -4.89. The Kier molecular flexibility index (Phi) is 7.01. The lowest BCUT2D eigenvalue weighted by molar-refractivity contribution is -0.166. The van der Waals surface area contributed by atoms with Crippen LogP contribution in [0.3, 0.4) is 0 Å². The van der Waals surface area contributed by atoms with Gasteiger partial charge in [-0.25, -0.2) is 27.6 Å². The SMILES string of the molecule is O=NN1C(c2ccc(F)cc2)C2C(=O)C(C1c1ccc(F)cc1)C(c1ccc(F)cc1)N(N=O)C2c1ccc(F)cc1. The maximum absolute atomic E-state index is 14.7. The lowest BCUT2D eigenvalue weighted by Gasteiger charge is -2.57. The van der Waals surface area contributed by atoms with Crippen molar-refractivity contribution in [2.45, 2.75) is 24.2 Å². The number of ketones is 1. The molecule has 212 valence electrons. The summed E-state index contributed by atoms with van der Waals surface area (Å²) in [5, 5.41) is 9.09. The van der Waals surface area contributed by atoms with Crippen LogP contribution in [0.15, 0.2) is 108 Å². The third-order valence-electron chi connectivity index (χ3n) is 8.19. The van der Waals surface area contributed by atoms with E-state index in [9.17, 15) is 32.2 Å². The molecule has 2 bridgehead atoms. The molecule has 0 aliphatic carbocycles. The maximum Gasteiger partial charge on any atom is 0.148 e. The summed E-state index contributed by atoms with van der Waals surface area (Å²) in [5.41, 5.74) is 1.44. The van der Waals surface area contributed by atoms with Crippen molar-refractivity contribution in [2.75, 3.05) is 0 Å². The first-order valence-corrected chi connectivity index (χ1v) is 13.1. The Hall–Kier alpha value is -4.93. The Bertz CT molecular complexity index is 1390. The quantitative estimate of drug-likeness (QED) is 0.178. The summed E-state index contributed by atoms with van der Waals surface area (Å²) in [6.07, 6.45) is 0. The molecule has 6 rings (SSSR count). The van der Waals surface area contributed by atoms with Gasteiger partial charge in [-0.15, -0.1) is 9.81 Å². The van der Waals surface area contributed by atoms with Gasteiger partial charge in [0.1, 0.15) is 29.1 Å². The van der Waals surface area contributed by atoms with Crippen LogP contribution < -0.4 is 0 Å². The number of halogens is 4. The van der Waals surface area contributed by atoms with E-state index >= 15 is 0 Å². The molecule has 0 amide bonds. The van der Waals surface area contributed by atoms with E-state index in [1.165, 1.54) is 107 Å². The second-order valence-corrected chi connectivity index (χ2v) is 10.4. The summed E-state index contributed by atoms with van der Waals surface area (Å²) in [6, 6.07) is 16.3. The molecule has 2 aliphatic rings. The largest absolute Gasteiger partial charge is 0.299 e. The first-order chi connectivity index (χ1) is 20.3. The normalized spacial score (nSPS) is 25.3. The summed E-state index contributed by atoms with van der Waals surface area (Å²) in [4.78, 5) is 40.2. The van der Waals surface area contributed by atoms with Crippen molar-refractivity contribution in [1.82, 2.24) is 10.0 Å². The lowest BCUT2D eigenvalue weighted by Crippen LogP contribution is -2.60. The molecule has 0 N–H and O–H groups in total. The average molecular weight is 575 g/mol. The number of carbonyl (C=O) groups excluding carboxylic acids is 1. The molecule has 0 spiro atoms. The monoisotopic (exact) mass is 574 g/mol. The highest BCUT2D eigenvalue weighted by Crippen LogP contribution is 2.60. The van der Waals surface area contributed by atoms with E-state index in [2.05, 4.69) is 10.6 Å². The molecule has 4 aromatic rings. The molecule has 2 aliphatic heterocycles. The van der Waals surface area contributed by atoms with Crippen LogP contribution >= 0.6 is 0 Å². The average Bonchev–Trinajstić information content (AvgIpc) is 2.99. The predicted molar refractivity (Wildman–Crippen MR) is 144 cm³/mol. The molecule has 2 fully saturated rings. The highest BCUT2D eigenvalue weighted by molar-refractivity contribution is 5.89. The van der Waals surface area contributed by atoms with Gasteiger partial charge in [0.25, 0.3) is 0 Å². The van der Waals surface area contributed by atoms with Gasteiger partial charge in [-0.2, -0.15) is 0 Å². The van der Waals surface area contributed by atoms with E-state index in [1.54, 1.807) is 0 Å². The predicted octanol–water partition coefficient (Wildman–Crippen LogP) is 7.30. The van der Waals surface area contributed by atoms with Crippen LogP contribution in [0.5, 0.6) is 0 Å². The van der Waals surface area contributed by atoms with Crippen LogP contribution in [0.1, 0.15) is 46.4 Å². The molecule has 42 heavy (non-hydrogen) atoms. The lowest BCUT2D eigenvalue weighted by atomic mass is 9.63. The van der Waals surface area contributed by atoms with Crippen LogP contribution in [0.4, 0.5) is 17.6 Å². The van der Waals surface area contributed by atoms with Gasteiger partial charge in [-0.05, 0) is 70.8 Å². The Morgan fingerprint density at radius 2 is 0.643 bits per heavy atom. The van der Waals surface area contributed by atoms with Crippen molar-refractivity contribution in [3.05, 3.63) is 152 Å². The number of fused-ring (bicyclic) bond motifs is 2. The van der Waals surface area contributed by atoms with Crippen LogP contribution in [0.2, 0.25) is 0 Å². The summed E-state index contributed by atoms with van der Waals surface area (Å²) >= 11 is 0. The number of hydrogen-bond acceptors (Lipinski definition) is 5. The van der Waals surface area contributed by atoms with E-state index in [0.717, 1.165) is 0 Å². The van der Waals surface area contributed by atoms with Gasteiger partial charge in [0.2, 0.25) is 0 Å². The minimum atomic E-state index is -1.16. The smallest absolute Gasteiger partial charge is 0.148 e. The fraction of sp³-hybridized carbons (Fsp3) is 0.194. The Balaban J connectivity index is 1.64. The van der Waals surface area contributed by atoms with Gasteiger partial charge in [0.15, 0.2) is 0 Å². The number of benzene rings is 4. The molecule has 4 aromatic carbocycles. The van der Waals surface area contributed by atoms with Crippen molar-refractivity contribution < 1.29 is 22.4 Å². The Labute approximate surface area is 237 Å². The fourth-order valence-electron chi connectivity index (χ4n) is 6.48. The van der Waals surface area contributed by atoms with Crippen molar-refractivity contribution in [2.24, 2.45) is 22.4 Å². The van der Waals surface area contributed by atoms with Gasteiger partial charge in [0, 0.05) is 0 Å². The Morgan fingerprint density at radius 1 is 0.429 bits per heavy atom. The number of nitroso groups, excluding NO2 is 2. The number of rotatable bonds is 6. The minimum absolute atomic E-state index is 0.359. The van der Waals surface area contributed by atoms with E-state index in [0.29, 0.717) is 22.3 Å².